The van der Waals surface area contributed by atoms with Crippen molar-refractivity contribution in [3.8, 4) is 0 Å². The van der Waals surface area contributed by atoms with Crippen LogP contribution in [0.4, 0.5) is 5.82 Å². The van der Waals surface area contributed by atoms with Gasteiger partial charge >= 0.3 is 0 Å². The molecule has 0 aliphatic rings. The Balaban J connectivity index is 2.99. The molecule has 0 aliphatic heterocycles. The third-order valence-electron chi connectivity index (χ3n) is 2.35. The SMILES string of the molecule is CCC(C)(CO)Nc1nc[nH]c(=O)c1Cl. The Bertz CT molecular complexity index is 387. The minimum Gasteiger partial charge on any atom is -0.394 e. The molecule has 1 atom stereocenters. The molecule has 6 heteroatoms. The van der Waals surface area contributed by atoms with E-state index in [9.17, 15) is 9.90 Å². The van der Waals surface area contributed by atoms with Crippen molar-refractivity contribution in [1.29, 1.82) is 0 Å². The summed E-state index contributed by atoms with van der Waals surface area (Å²) >= 11 is 5.76. The van der Waals surface area contributed by atoms with Gasteiger partial charge in [0.15, 0.2) is 5.82 Å². The highest BCUT2D eigenvalue weighted by Gasteiger charge is 2.22. The summed E-state index contributed by atoms with van der Waals surface area (Å²) in [6, 6.07) is 0. The van der Waals surface area contributed by atoms with E-state index in [1.807, 2.05) is 13.8 Å². The van der Waals surface area contributed by atoms with E-state index >= 15 is 0 Å². The third kappa shape index (κ3) is 2.70. The number of aromatic amines is 1. The molecule has 0 amide bonds. The zero-order chi connectivity index (χ0) is 11.5. The van der Waals surface area contributed by atoms with Crippen molar-refractivity contribution in [2.45, 2.75) is 25.8 Å². The largest absolute Gasteiger partial charge is 0.394 e. The quantitative estimate of drug-likeness (QED) is 0.722. The molecule has 0 bridgehead atoms. The van der Waals surface area contributed by atoms with Gasteiger partial charge in [-0.15, -0.1) is 0 Å². The van der Waals surface area contributed by atoms with Gasteiger partial charge in [-0.1, -0.05) is 18.5 Å². The molecule has 1 aromatic heterocycles. The Labute approximate surface area is 92.5 Å². The molecule has 0 saturated heterocycles. The van der Waals surface area contributed by atoms with Gasteiger partial charge in [-0.3, -0.25) is 4.79 Å². The lowest BCUT2D eigenvalue weighted by molar-refractivity contribution is 0.218. The zero-order valence-corrected chi connectivity index (χ0v) is 9.43. The second-order valence-electron chi connectivity index (χ2n) is 3.59. The van der Waals surface area contributed by atoms with Crippen LogP contribution in [0.25, 0.3) is 0 Å². The van der Waals surface area contributed by atoms with Gasteiger partial charge in [-0.05, 0) is 13.3 Å². The van der Waals surface area contributed by atoms with Crippen LogP contribution in [0.2, 0.25) is 5.02 Å². The van der Waals surface area contributed by atoms with Gasteiger partial charge in [-0.2, -0.15) is 0 Å². The Kier molecular flexibility index (Phi) is 3.71. The maximum atomic E-state index is 11.2. The van der Waals surface area contributed by atoms with Crippen molar-refractivity contribution in [2.24, 2.45) is 0 Å². The number of aliphatic hydroxyl groups is 1. The smallest absolute Gasteiger partial charge is 0.271 e. The second kappa shape index (κ2) is 4.63. The fraction of sp³-hybridized carbons (Fsp3) is 0.556. The van der Waals surface area contributed by atoms with Gasteiger partial charge in [0, 0.05) is 0 Å². The lowest BCUT2D eigenvalue weighted by Crippen LogP contribution is -2.38. The lowest BCUT2D eigenvalue weighted by atomic mass is 10.0. The molecule has 3 N–H and O–H groups in total. The van der Waals surface area contributed by atoms with Crippen molar-refractivity contribution in [3.63, 3.8) is 0 Å². The molecule has 0 aromatic carbocycles. The van der Waals surface area contributed by atoms with Gasteiger partial charge < -0.3 is 15.4 Å². The summed E-state index contributed by atoms with van der Waals surface area (Å²) in [7, 11) is 0. The highest BCUT2D eigenvalue weighted by molar-refractivity contribution is 6.32. The number of hydrogen-bond donors (Lipinski definition) is 3. The molecule has 84 valence electrons. The van der Waals surface area contributed by atoms with Gasteiger partial charge in [0.05, 0.1) is 18.5 Å². The molecule has 1 heterocycles. The first-order valence-electron chi connectivity index (χ1n) is 4.64. The van der Waals surface area contributed by atoms with E-state index in [2.05, 4.69) is 15.3 Å². The number of aliphatic hydroxyl groups excluding tert-OH is 1. The Morgan fingerprint density at radius 3 is 2.93 bits per heavy atom. The van der Waals surface area contributed by atoms with Crippen LogP contribution in [-0.4, -0.2) is 27.2 Å². The molecule has 1 unspecified atom stereocenters. The molecular formula is C9H14ClN3O2. The van der Waals surface area contributed by atoms with Crippen LogP contribution >= 0.6 is 11.6 Å². The number of halogens is 1. The Morgan fingerprint density at radius 1 is 1.73 bits per heavy atom. The van der Waals surface area contributed by atoms with Gasteiger partial charge in [0.1, 0.15) is 5.02 Å². The Morgan fingerprint density at radius 2 is 2.40 bits per heavy atom. The molecule has 0 saturated carbocycles. The number of anilines is 1. The topological polar surface area (TPSA) is 78.0 Å². The maximum absolute atomic E-state index is 11.2. The van der Waals surface area contributed by atoms with Gasteiger partial charge in [-0.25, -0.2) is 4.98 Å². The molecule has 0 radical (unpaired) electrons. The Hall–Kier alpha value is -1.07. The van der Waals surface area contributed by atoms with Crippen molar-refractivity contribution in [3.05, 3.63) is 21.7 Å². The molecule has 5 nitrogen and oxygen atoms in total. The molecule has 0 fully saturated rings. The number of hydrogen-bond acceptors (Lipinski definition) is 4. The minimum absolute atomic E-state index is 0.00521. The van der Waals surface area contributed by atoms with Gasteiger partial charge in [0.2, 0.25) is 0 Å². The summed E-state index contributed by atoms with van der Waals surface area (Å²) < 4.78 is 0. The predicted octanol–water partition coefficient (Wildman–Crippen LogP) is 0.996. The van der Waals surface area contributed by atoms with E-state index in [1.165, 1.54) is 6.33 Å². The van der Waals surface area contributed by atoms with Crippen LogP contribution < -0.4 is 10.9 Å². The minimum atomic E-state index is -0.523. The fourth-order valence-corrected chi connectivity index (χ4v) is 1.15. The highest BCUT2D eigenvalue weighted by Crippen LogP contribution is 2.20. The fourth-order valence-electron chi connectivity index (χ4n) is 0.996. The number of H-pyrrole nitrogens is 1. The zero-order valence-electron chi connectivity index (χ0n) is 8.67. The molecule has 0 spiro atoms. The summed E-state index contributed by atoms with van der Waals surface area (Å²) in [6.45, 7) is 3.69. The summed E-state index contributed by atoms with van der Waals surface area (Å²) in [5.74, 6) is 0.291. The summed E-state index contributed by atoms with van der Waals surface area (Å²) in [4.78, 5) is 17.4. The standard InChI is InChI=1S/C9H14ClN3O2/c1-3-9(2,4-14)13-7-6(10)8(15)12-5-11-7/h5,14H,3-4H2,1-2H3,(H2,11,12,13,15). The van der Waals surface area contributed by atoms with E-state index in [0.29, 0.717) is 12.2 Å². The van der Waals surface area contributed by atoms with Crippen LogP contribution in [0.1, 0.15) is 20.3 Å². The summed E-state index contributed by atoms with van der Waals surface area (Å²) in [5.41, 5.74) is -0.921. The summed E-state index contributed by atoms with van der Waals surface area (Å²) in [6.07, 6.45) is 1.96. The van der Waals surface area contributed by atoms with E-state index in [0.717, 1.165) is 0 Å². The molecule has 15 heavy (non-hydrogen) atoms. The predicted molar refractivity (Wildman–Crippen MR) is 59.3 cm³/mol. The van der Waals surface area contributed by atoms with E-state index in [-0.39, 0.29) is 11.6 Å². The van der Waals surface area contributed by atoms with Crippen LogP contribution in [0, 0.1) is 0 Å². The lowest BCUT2D eigenvalue weighted by Gasteiger charge is -2.27. The monoisotopic (exact) mass is 231 g/mol. The van der Waals surface area contributed by atoms with Crippen molar-refractivity contribution in [1.82, 2.24) is 9.97 Å². The first-order chi connectivity index (χ1) is 7.02. The number of aromatic nitrogens is 2. The first-order valence-corrected chi connectivity index (χ1v) is 5.02. The second-order valence-corrected chi connectivity index (χ2v) is 3.97. The number of nitrogens with one attached hydrogen (secondary N) is 2. The molecule has 1 aromatic rings. The third-order valence-corrected chi connectivity index (χ3v) is 2.70. The van der Waals surface area contributed by atoms with Crippen LogP contribution in [0.5, 0.6) is 0 Å². The maximum Gasteiger partial charge on any atom is 0.271 e. The number of nitrogens with zero attached hydrogens (tertiary/aromatic N) is 1. The van der Waals surface area contributed by atoms with E-state index in [1.54, 1.807) is 0 Å². The van der Waals surface area contributed by atoms with Crippen LogP contribution in [-0.2, 0) is 0 Å². The molecular weight excluding hydrogens is 218 g/mol. The normalized spacial score (nSPS) is 14.7. The highest BCUT2D eigenvalue weighted by atomic mass is 35.5. The van der Waals surface area contributed by atoms with Crippen molar-refractivity contribution < 1.29 is 5.11 Å². The molecule has 1 rings (SSSR count). The summed E-state index contributed by atoms with van der Waals surface area (Å²) in [5, 5.41) is 12.1. The average Bonchev–Trinajstić information content (AvgIpc) is 2.25. The van der Waals surface area contributed by atoms with E-state index in [4.69, 9.17) is 11.6 Å². The number of rotatable bonds is 4. The van der Waals surface area contributed by atoms with E-state index < -0.39 is 11.1 Å². The van der Waals surface area contributed by atoms with Crippen molar-refractivity contribution in [2.75, 3.05) is 11.9 Å². The average molecular weight is 232 g/mol. The van der Waals surface area contributed by atoms with Crippen LogP contribution in [0.3, 0.4) is 0 Å². The van der Waals surface area contributed by atoms with Crippen LogP contribution in [0.15, 0.2) is 11.1 Å². The van der Waals surface area contributed by atoms with Gasteiger partial charge in [0.25, 0.3) is 5.56 Å². The van der Waals surface area contributed by atoms with Crippen molar-refractivity contribution >= 4 is 17.4 Å². The molecule has 0 aliphatic carbocycles. The first kappa shape index (κ1) is 12.0.